The Morgan fingerprint density at radius 1 is 1.05 bits per heavy atom. The Bertz CT molecular complexity index is 1620. The number of carboxylic acid groups (broad SMARTS) is 1. The maximum absolute atomic E-state index is 13.5. The molecular formula is C32H38ClN3O6S. The molecule has 0 radical (unpaired) electrons. The van der Waals surface area contributed by atoms with Crippen molar-refractivity contribution in [2.75, 3.05) is 19.8 Å². The quantitative estimate of drug-likeness (QED) is 0.345. The van der Waals surface area contributed by atoms with Gasteiger partial charge < -0.3 is 19.3 Å². The third kappa shape index (κ3) is 6.34. The number of fused-ring (bicyclic) bond motifs is 1. The van der Waals surface area contributed by atoms with E-state index in [2.05, 4.69) is 4.72 Å². The molecule has 1 atom stereocenters. The van der Waals surface area contributed by atoms with Gasteiger partial charge in [-0.3, -0.25) is 9.59 Å². The molecule has 3 fully saturated rings. The second-order valence-electron chi connectivity index (χ2n) is 12.2. The van der Waals surface area contributed by atoms with Gasteiger partial charge in [-0.2, -0.15) is 0 Å². The van der Waals surface area contributed by atoms with Crippen molar-refractivity contribution < 1.29 is 27.9 Å². The Hall–Kier alpha value is -2.92. The van der Waals surface area contributed by atoms with Gasteiger partial charge in [-0.05, 0) is 80.2 Å². The van der Waals surface area contributed by atoms with Crippen molar-refractivity contribution in [2.45, 2.75) is 68.3 Å². The van der Waals surface area contributed by atoms with E-state index in [1.165, 1.54) is 0 Å². The first-order valence-electron chi connectivity index (χ1n) is 15.1. The van der Waals surface area contributed by atoms with Crippen LogP contribution in [-0.4, -0.2) is 66.7 Å². The van der Waals surface area contributed by atoms with Crippen molar-refractivity contribution in [3.05, 3.63) is 53.1 Å². The Morgan fingerprint density at radius 3 is 2.44 bits per heavy atom. The predicted octanol–water partition coefficient (Wildman–Crippen LogP) is 4.99. The van der Waals surface area contributed by atoms with Crippen molar-refractivity contribution in [1.29, 1.82) is 0 Å². The van der Waals surface area contributed by atoms with E-state index in [1.807, 2.05) is 40.8 Å². The van der Waals surface area contributed by atoms with Crippen LogP contribution < -0.4 is 4.72 Å². The van der Waals surface area contributed by atoms with E-state index in [4.69, 9.17) is 21.4 Å². The first kappa shape index (κ1) is 30.1. The van der Waals surface area contributed by atoms with E-state index in [-0.39, 0.29) is 35.2 Å². The van der Waals surface area contributed by atoms with E-state index in [1.54, 1.807) is 18.2 Å². The minimum atomic E-state index is -3.79. The number of nitrogens with zero attached hydrogens (tertiary/aromatic N) is 2. The Morgan fingerprint density at radius 2 is 1.77 bits per heavy atom. The number of amides is 1. The molecule has 1 aliphatic heterocycles. The van der Waals surface area contributed by atoms with Crippen LogP contribution in [0.1, 0.15) is 50.5 Å². The number of carbonyl (C=O) groups excluding carboxylic acids is 1. The molecule has 1 aromatic heterocycles. The lowest BCUT2D eigenvalue weighted by Gasteiger charge is -2.39. The number of aliphatic carboxylic acids is 1. The topological polar surface area (TPSA) is 118 Å². The van der Waals surface area contributed by atoms with Crippen LogP contribution in [0.5, 0.6) is 0 Å². The van der Waals surface area contributed by atoms with E-state index in [0.717, 1.165) is 35.0 Å². The first-order chi connectivity index (χ1) is 20.6. The highest BCUT2D eigenvalue weighted by atomic mass is 35.5. The lowest BCUT2D eigenvalue weighted by molar-refractivity contribution is -0.146. The minimum Gasteiger partial charge on any atom is -0.481 e. The van der Waals surface area contributed by atoms with Crippen molar-refractivity contribution in [1.82, 2.24) is 14.2 Å². The van der Waals surface area contributed by atoms with Crippen LogP contribution in [0.15, 0.2) is 47.4 Å². The summed E-state index contributed by atoms with van der Waals surface area (Å²) < 4.78 is 37.4. The SMILES string of the molecule is Cn1c(-c2ccc(CCC(=O)O)cc2)c(Cl)c2ccc(S(=O)(=O)NC3CCC(C(=O)N4CCOC[C@@H]4C4CC4)CC3)cc21. The molecule has 0 bridgehead atoms. The zero-order valence-electron chi connectivity index (χ0n) is 24.3. The molecule has 11 heteroatoms. The van der Waals surface area contributed by atoms with Gasteiger partial charge in [-0.1, -0.05) is 35.9 Å². The highest BCUT2D eigenvalue weighted by molar-refractivity contribution is 7.89. The number of hydrogen-bond donors (Lipinski definition) is 2. The fourth-order valence-electron chi connectivity index (χ4n) is 6.69. The van der Waals surface area contributed by atoms with Crippen LogP contribution in [0.25, 0.3) is 22.2 Å². The van der Waals surface area contributed by atoms with Crippen LogP contribution in [0.4, 0.5) is 0 Å². The molecule has 2 saturated carbocycles. The molecule has 2 aromatic carbocycles. The summed E-state index contributed by atoms with van der Waals surface area (Å²) in [6.07, 6.45) is 5.43. The molecule has 2 N–H and O–H groups in total. The zero-order valence-corrected chi connectivity index (χ0v) is 25.9. The molecule has 0 unspecified atom stereocenters. The van der Waals surface area contributed by atoms with Gasteiger partial charge >= 0.3 is 5.97 Å². The number of carbonyl (C=O) groups is 2. The second kappa shape index (κ2) is 12.2. The third-order valence-electron chi connectivity index (χ3n) is 9.29. The summed E-state index contributed by atoms with van der Waals surface area (Å²) in [6.45, 7) is 1.87. The maximum Gasteiger partial charge on any atom is 0.303 e. The summed E-state index contributed by atoms with van der Waals surface area (Å²) in [5.41, 5.74) is 3.23. The predicted molar refractivity (Wildman–Crippen MR) is 164 cm³/mol. The number of sulfonamides is 1. The molecule has 1 saturated heterocycles. The van der Waals surface area contributed by atoms with Crippen LogP contribution in [0.3, 0.4) is 0 Å². The smallest absolute Gasteiger partial charge is 0.303 e. The zero-order chi connectivity index (χ0) is 30.3. The fourth-order valence-corrected chi connectivity index (χ4v) is 8.41. The summed E-state index contributed by atoms with van der Waals surface area (Å²) in [4.78, 5) is 26.5. The van der Waals surface area contributed by atoms with Crippen molar-refractivity contribution in [3.8, 4) is 11.3 Å². The van der Waals surface area contributed by atoms with Gasteiger partial charge in [-0.15, -0.1) is 0 Å². The molecule has 2 heterocycles. The van der Waals surface area contributed by atoms with Gasteiger partial charge in [0.25, 0.3) is 0 Å². The molecule has 0 spiro atoms. The monoisotopic (exact) mass is 627 g/mol. The highest BCUT2D eigenvalue weighted by Crippen LogP contribution is 2.39. The number of nitrogens with one attached hydrogen (secondary N) is 1. The normalized spacial score (nSPS) is 23.0. The number of hydrogen-bond acceptors (Lipinski definition) is 5. The van der Waals surface area contributed by atoms with Gasteiger partial charge in [0.15, 0.2) is 0 Å². The highest BCUT2D eigenvalue weighted by Gasteiger charge is 2.41. The number of aryl methyl sites for hydroxylation is 2. The second-order valence-corrected chi connectivity index (χ2v) is 14.3. The lowest BCUT2D eigenvalue weighted by Crippen LogP contribution is -2.52. The molecule has 230 valence electrons. The van der Waals surface area contributed by atoms with Gasteiger partial charge in [0.1, 0.15) is 0 Å². The molecular weight excluding hydrogens is 590 g/mol. The number of rotatable bonds is 9. The molecule has 9 nitrogen and oxygen atoms in total. The fraction of sp³-hybridized carbons (Fsp3) is 0.500. The van der Waals surface area contributed by atoms with E-state index in [9.17, 15) is 18.0 Å². The Labute approximate surface area is 257 Å². The minimum absolute atomic E-state index is 0.0633. The maximum atomic E-state index is 13.5. The summed E-state index contributed by atoms with van der Waals surface area (Å²) in [6, 6.07) is 12.5. The summed E-state index contributed by atoms with van der Waals surface area (Å²) in [7, 11) is -1.94. The van der Waals surface area contributed by atoms with Crippen LogP contribution in [0.2, 0.25) is 5.02 Å². The van der Waals surface area contributed by atoms with Crippen molar-refractivity contribution >= 4 is 44.4 Å². The van der Waals surface area contributed by atoms with Gasteiger partial charge in [-0.25, -0.2) is 13.1 Å². The van der Waals surface area contributed by atoms with Crippen LogP contribution in [-0.2, 0) is 37.8 Å². The summed E-state index contributed by atoms with van der Waals surface area (Å²) >= 11 is 6.79. The third-order valence-corrected chi connectivity index (χ3v) is 11.2. The van der Waals surface area contributed by atoms with Crippen molar-refractivity contribution in [2.24, 2.45) is 18.9 Å². The van der Waals surface area contributed by atoms with Gasteiger partial charge in [0.05, 0.1) is 40.4 Å². The lowest BCUT2D eigenvalue weighted by atomic mass is 9.85. The summed E-state index contributed by atoms with van der Waals surface area (Å²) in [5, 5.41) is 10.2. The van der Waals surface area contributed by atoms with Gasteiger partial charge in [0, 0.05) is 37.4 Å². The van der Waals surface area contributed by atoms with Crippen LogP contribution in [0, 0.1) is 11.8 Å². The number of ether oxygens (including phenoxy) is 1. The summed E-state index contributed by atoms with van der Waals surface area (Å²) in [5.74, 6) is -0.129. The molecule has 3 aliphatic rings. The number of aromatic nitrogens is 1. The van der Waals surface area contributed by atoms with Crippen molar-refractivity contribution in [3.63, 3.8) is 0 Å². The molecule has 6 rings (SSSR count). The van der Waals surface area contributed by atoms with E-state index in [0.29, 0.717) is 68.3 Å². The number of carboxylic acids is 1. The first-order valence-corrected chi connectivity index (χ1v) is 17.0. The number of morpholine rings is 1. The average molecular weight is 628 g/mol. The van der Waals surface area contributed by atoms with E-state index >= 15 is 0 Å². The molecule has 1 amide bonds. The molecule has 43 heavy (non-hydrogen) atoms. The Kier molecular flexibility index (Phi) is 8.56. The van der Waals surface area contributed by atoms with E-state index < -0.39 is 16.0 Å². The van der Waals surface area contributed by atoms with Crippen LogP contribution >= 0.6 is 11.6 Å². The Balaban J connectivity index is 1.13. The largest absolute Gasteiger partial charge is 0.481 e. The molecule has 2 aliphatic carbocycles. The molecule has 3 aromatic rings. The number of halogens is 1. The standard InChI is InChI=1S/C32H38ClN3O6S/c1-35-27-18-25(13-14-26(27)30(33)31(35)22-5-2-20(3-6-22)4-15-29(37)38)43(40,41)34-24-11-9-23(10-12-24)32(39)36-16-17-42-19-28(36)21-7-8-21/h2-3,5-6,13-14,18,21,23-24,28,34H,4,7-12,15-17,19H2,1H3,(H,37,38)/t23?,24?,28-/m1/s1. The number of benzene rings is 2. The van der Waals surface area contributed by atoms with Gasteiger partial charge in [0.2, 0.25) is 15.9 Å². The average Bonchev–Trinajstić information content (AvgIpc) is 3.82.